The number of benzene rings is 1. The molecular formula is C15H16N4O2S. The van der Waals surface area contributed by atoms with Gasteiger partial charge in [0, 0.05) is 18.7 Å². The molecule has 1 fully saturated rings. The maximum Gasteiger partial charge on any atom is 0.231 e. The number of hydrogen-bond acceptors (Lipinski definition) is 5. The van der Waals surface area contributed by atoms with Crippen molar-refractivity contribution in [2.24, 2.45) is 5.92 Å². The molecule has 7 heteroatoms. The van der Waals surface area contributed by atoms with Crippen LogP contribution in [0.5, 0.6) is 0 Å². The number of hydrogen-bond donors (Lipinski definition) is 1. The molecule has 0 radical (unpaired) electrons. The van der Waals surface area contributed by atoms with E-state index >= 15 is 0 Å². The Bertz CT molecular complexity index is 687. The quantitative estimate of drug-likeness (QED) is 0.937. The van der Waals surface area contributed by atoms with Crippen molar-refractivity contribution < 1.29 is 9.59 Å². The Morgan fingerprint density at radius 2 is 2.36 bits per heavy atom. The van der Waals surface area contributed by atoms with Crippen molar-refractivity contribution in [1.29, 1.82) is 0 Å². The van der Waals surface area contributed by atoms with Crippen LogP contribution in [0.2, 0.25) is 0 Å². The average Bonchev–Trinajstić information content (AvgIpc) is 3.17. The summed E-state index contributed by atoms with van der Waals surface area (Å²) in [6.45, 7) is 2.47. The van der Waals surface area contributed by atoms with Crippen molar-refractivity contribution in [3.05, 3.63) is 35.3 Å². The second-order valence-corrected chi connectivity index (χ2v) is 6.00. The zero-order chi connectivity index (χ0) is 15.5. The lowest BCUT2D eigenvalue weighted by atomic mass is 10.1. The van der Waals surface area contributed by atoms with Crippen LogP contribution in [-0.4, -0.2) is 28.6 Å². The second-order valence-electron chi connectivity index (χ2n) is 5.16. The molecule has 0 aliphatic carbocycles. The van der Waals surface area contributed by atoms with Gasteiger partial charge in [-0.25, -0.2) is 0 Å². The summed E-state index contributed by atoms with van der Waals surface area (Å²) in [6, 6.07) is 7.88. The minimum atomic E-state index is -0.360. The van der Waals surface area contributed by atoms with Gasteiger partial charge < -0.3 is 10.2 Å². The lowest BCUT2D eigenvalue weighted by Gasteiger charge is -2.17. The van der Waals surface area contributed by atoms with E-state index in [-0.39, 0.29) is 24.2 Å². The number of aryl methyl sites for hydroxylation is 1. The van der Waals surface area contributed by atoms with E-state index in [1.54, 1.807) is 10.4 Å². The van der Waals surface area contributed by atoms with Crippen LogP contribution in [0.3, 0.4) is 0 Å². The van der Waals surface area contributed by atoms with Gasteiger partial charge in [0.05, 0.1) is 5.92 Å². The van der Waals surface area contributed by atoms with Gasteiger partial charge in [-0.2, -0.15) is 0 Å². The molecule has 1 aliphatic rings. The van der Waals surface area contributed by atoms with Crippen LogP contribution in [0.1, 0.15) is 18.9 Å². The van der Waals surface area contributed by atoms with E-state index in [0.29, 0.717) is 11.7 Å². The van der Waals surface area contributed by atoms with E-state index in [2.05, 4.69) is 22.4 Å². The van der Waals surface area contributed by atoms with Gasteiger partial charge in [-0.3, -0.25) is 9.59 Å². The molecule has 2 heterocycles. The molecule has 1 aromatic heterocycles. The number of anilines is 2. The summed E-state index contributed by atoms with van der Waals surface area (Å²) >= 11 is 1.26. The van der Waals surface area contributed by atoms with Crippen molar-refractivity contribution >= 4 is 34.0 Å². The molecule has 22 heavy (non-hydrogen) atoms. The van der Waals surface area contributed by atoms with E-state index in [0.717, 1.165) is 12.1 Å². The lowest BCUT2D eigenvalue weighted by molar-refractivity contribution is -0.122. The molecule has 1 atom stereocenters. The highest BCUT2D eigenvalue weighted by atomic mass is 32.1. The van der Waals surface area contributed by atoms with Crippen molar-refractivity contribution in [3.63, 3.8) is 0 Å². The third-order valence-electron chi connectivity index (χ3n) is 3.72. The van der Waals surface area contributed by atoms with Gasteiger partial charge >= 0.3 is 0 Å². The topological polar surface area (TPSA) is 75.2 Å². The molecule has 1 saturated heterocycles. The van der Waals surface area contributed by atoms with E-state index in [4.69, 9.17) is 0 Å². The first kappa shape index (κ1) is 14.6. The molecule has 0 spiro atoms. The summed E-state index contributed by atoms with van der Waals surface area (Å²) in [5.41, 5.74) is 3.58. The average molecular weight is 316 g/mol. The molecule has 1 aliphatic heterocycles. The highest BCUT2D eigenvalue weighted by molar-refractivity contribution is 7.13. The largest absolute Gasteiger partial charge is 0.312 e. The second kappa shape index (κ2) is 6.23. The van der Waals surface area contributed by atoms with Crippen LogP contribution in [0.4, 0.5) is 10.8 Å². The van der Waals surface area contributed by atoms with Crippen molar-refractivity contribution in [3.8, 4) is 0 Å². The highest BCUT2D eigenvalue weighted by Gasteiger charge is 2.35. The fraction of sp³-hybridized carbons (Fsp3) is 0.333. The number of amides is 2. The van der Waals surface area contributed by atoms with Gasteiger partial charge in [0.25, 0.3) is 0 Å². The third kappa shape index (κ3) is 2.99. The summed E-state index contributed by atoms with van der Waals surface area (Å²) in [5, 5.41) is 10.6. The minimum absolute atomic E-state index is 0.0225. The summed E-state index contributed by atoms with van der Waals surface area (Å²) in [5.74, 6) is -0.563. The number of nitrogens with one attached hydrogen (secondary N) is 1. The van der Waals surface area contributed by atoms with Crippen LogP contribution in [0.25, 0.3) is 0 Å². The zero-order valence-electron chi connectivity index (χ0n) is 12.2. The van der Waals surface area contributed by atoms with Gasteiger partial charge in [0.2, 0.25) is 16.9 Å². The molecule has 114 valence electrons. The monoisotopic (exact) mass is 316 g/mol. The minimum Gasteiger partial charge on any atom is -0.312 e. The molecule has 1 N–H and O–H groups in total. The molecule has 3 rings (SSSR count). The molecular weight excluding hydrogens is 300 g/mol. The van der Waals surface area contributed by atoms with Crippen LogP contribution in [0.15, 0.2) is 29.8 Å². The summed E-state index contributed by atoms with van der Waals surface area (Å²) < 4.78 is 0. The summed E-state index contributed by atoms with van der Waals surface area (Å²) in [6.07, 6.45) is 1.14. The molecule has 2 amide bonds. The third-order valence-corrected chi connectivity index (χ3v) is 4.32. The fourth-order valence-corrected chi connectivity index (χ4v) is 2.96. The van der Waals surface area contributed by atoms with E-state index in [9.17, 15) is 9.59 Å². The van der Waals surface area contributed by atoms with Gasteiger partial charge in [0.1, 0.15) is 5.51 Å². The van der Waals surface area contributed by atoms with E-state index < -0.39 is 0 Å². The Balaban J connectivity index is 1.71. The number of carbonyl (C=O) groups excluding carboxylic acids is 2. The Morgan fingerprint density at radius 3 is 3.09 bits per heavy atom. The van der Waals surface area contributed by atoms with Gasteiger partial charge in [-0.1, -0.05) is 30.4 Å². The Labute approximate surface area is 132 Å². The van der Waals surface area contributed by atoms with Gasteiger partial charge in [-0.15, -0.1) is 10.2 Å². The summed E-state index contributed by atoms with van der Waals surface area (Å²) in [7, 11) is 0. The maximum atomic E-state index is 12.2. The normalized spacial score (nSPS) is 17.8. The first-order valence-electron chi connectivity index (χ1n) is 7.13. The Morgan fingerprint density at radius 1 is 1.50 bits per heavy atom. The zero-order valence-corrected chi connectivity index (χ0v) is 13.0. The number of aromatic nitrogens is 2. The van der Waals surface area contributed by atoms with Gasteiger partial charge in [-0.05, 0) is 24.1 Å². The summed E-state index contributed by atoms with van der Waals surface area (Å²) in [4.78, 5) is 26.1. The first-order valence-corrected chi connectivity index (χ1v) is 8.01. The van der Waals surface area contributed by atoms with E-state index in [1.165, 1.54) is 16.9 Å². The van der Waals surface area contributed by atoms with E-state index in [1.807, 2.05) is 24.3 Å². The van der Waals surface area contributed by atoms with Crippen LogP contribution < -0.4 is 10.2 Å². The van der Waals surface area contributed by atoms with Crippen molar-refractivity contribution in [2.45, 2.75) is 19.8 Å². The Hall–Kier alpha value is -2.28. The molecule has 1 aromatic carbocycles. The molecule has 0 bridgehead atoms. The highest BCUT2D eigenvalue weighted by Crippen LogP contribution is 2.27. The first-order chi connectivity index (χ1) is 10.7. The molecule has 6 nitrogen and oxygen atoms in total. The SMILES string of the molecule is CCc1cccc(N2C[C@@H](C(=O)Nc3nncs3)CC2=O)c1. The van der Waals surface area contributed by atoms with Crippen LogP contribution in [-0.2, 0) is 16.0 Å². The number of rotatable bonds is 4. The maximum absolute atomic E-state index is 12.2. The predicted octanol–water partition coefficient (Wildman–Crippen LogP) is 2.09. The number of carbonyl (C=O) groups is 2. The van der Waals surface area contributed by atoms with Crippen molar-refractivity contribution in [2.75, 3.05) is 16.8 Å². The molecule has 0 saturated carbocycles. The van der Waals surface area contributed by atoms with Crippen molar-refractivity contribution in [1.82, 2.24) is 10.2 Å². The van der Waals surface area contributed by atoms with Crippen LogP contribution in [0, 0.1) is 5.92 Å². The van der Waals surface area contributed by atoms with Crippen LogP contribution >= 0.6 is 11.3 Å². The lowest BCUT2D eigenvalue weighted by Crippen LogP contribution is -2.28. The standard InChI is InChI=1S/C15H16N4O2S/c1-2-10-4-3-5-12(6-10)19-8-11(7-13(19)20)14(21)17-15-18-16-9-22-15/h3-6,9,11H,2,7-8H2,1H3,(H,17,18,21)/t11-/m0/s1. The molecule has 2 aromatic rings. The molecule has 0 unspecified atom stereocenters. The van der Waals surface area contributed by atoms with Gasteiger partial charge in [0.15, 0.2) is 0 Å². The number of nitrogens with zero attached hydrogens (tertiary/aromatic N) is 3. The smallest absolute Gasteiger partial charge is 0.231 e. The predicted molar refractivity (Wildman–Crippen MR) is 84.8 cm³/mol. The Kier molecular flexibility index (Phi) is 4.15. The fourth-order valence-electron chi connectivity index (χ4n) is 2.51.